The van der Waals surface area contributed by atoms with Crippen LogP contribution in [0.4, 0.5) is 0 Å². The standard InChI is InChI=1S/C17H36N4O2S2.2ClH/c1-3-5-11-20-15(24)22-13-8-17(19,7-10-18)9-14-23-16(25)21-12-6-4-2;;/h3-14,18-19H2,1-2H3,(H,20,24)(H,21,25);2*1H. The fraction of sp³-hybridized carbons (Fsp3) is 0.882. The van der Waals surface area contributed by atoms with E-state index in [4.69, 9.17) is 45.4 Å². The summed E-state index contributed by atoms with van der Waals surface area (Å²) in [4.78, 5) is 0. The van der Waals surface area contributed by atoms with Gasteiger partial charge in [0.2, 0.25) is 0 Å². The van der Waals surface area contributed by atoms with Gasteiger partial charge in [0.15, 0.2) is 0 Å². The first-order valence-corrected chi connectivity index (χ1v) is 10.1. The summed E-state index contributed by atoms with van der Waals surface area (Å²) in [5, 5.41) is 7.02. The number of halogens is 2. The van der Waals surface area contributed by atoms with E-state index in [1.807, 2.05) is 0 Å². The molecule has 0 atom stereocenters. The van der Waals surface area contributed by atoms with Gasteiger partial charge >= 0.3 is 0 Å². The molecule has 0 fully saturated rings. The molecule has 0 aliphatic rings. The van der Waals surface area contributed by atoms with E-state index in [0.717, 1.165) is 38.8 Å². The van der Waals surface area contributed by atoms with Gasteiger partial charge < -0.3 is 31.6 Å². The van der Waals surface area contributed by atoms with E-state index in [-0.39, 0.29) is 24.8 Å². The van der Waals surface area contributed by atoms with Gasteiger partial charge in [0.25, 0.3) is 10.3 Å². The lowest BCUT2D eigenvalue weighted by Crippen LogP contribution is -2.44. The molecule has 0 bridgehead atoms. The van der Waals surface area contributed by atoms with Gasteiger partial charge in [-0.3, -0.25) is 0 Å². The van der Waals surface area contributed by atoms with Crippen molar-refractivity contribution in [1.82, 2.24) is 10.6 Å². The molecule has 0 aromatic heterocycles. The van der Waals surface area contributed by atoms with Gasteiger partial charge in [0, 0.05) is 18.6 Å². The largest absolute Gasteiger partial charge is 0.471 e. The Morgan fingerprint density at radius 3 is 1.59 bits per heavy atom. The van der Waals surface area contributed by atoms with Crippen molar-refractivity contribution >= 4 is 59.6 Å². The van der Waals surface area contributed by atoms with Gasteiger partial charge in [-0.05, 0) is 63.1 Å². The Morgan fingerprint density at radius 2 is 1.26 bits per heavy atom. The number of hydrogen-bond acceptors (Lipinski definition) is 6. The van der Waals surface area contributed by atoms with Crippen molar-refractivity contribution in [3.63, 3.8) is 0 Å². The minimum Gasteiger partial charge on any atom is -0.471 e. The van der Waals surface area contributed by atoms with E-state index in [1.54, 1.807) is 0 Å². The predicted octanol–water partition coefficient (Wildman–Crippen LogP) is 3.04. The number of hydrogen-bond donors (Lipinski definition) is 4. The maximum atomic E-state index is 6.46. The molecule has 0 aliphatic carbocycles. The van der Waals surface area contributed by atoms with Crippen molar-refractivity contribution in [2.24, 2.45) is 11.5 Å². The lowest BCUT2D eigenvalue weighted by atomic mass is 9.89. The Morgan fingerprint density at radius 1 is 0.852 bits per heavy atom. The first kappa shape index (κ1) is 31.6. The summed E-state index contributed by atoms with van der Waals surface area (Å²) in [5.41, 5.74) is 11.7. The van der Waals surface area contributed by atoms with Gasteiger partial charge in [-0.25, -0.2) is 0 Å². The number of nitrogens with two attached hydrogens (primary N) is 2. The molecule has 0 saturated heterocycles. The van der Waals surface area contributed by atoms with Crippen LogP contribution in [0.15, 0.2) is 0 Å². The van der Waals surface area contributed by atoms with Crippen LogP contribution in [0.1, 0.15) is 58.8 Å². The summed E-state index contributed by atoms with van der Waals surface area (Å²) >= 11 is 10.3. The lowest BCUT2D eigenvalue weighted by molar-refractivity contribution is 0.194. The van der Waals surface area contributed by atoms with Crippen LogP contribution < -0.4 is 22.1 Å². The van der Waals surface area contributed by atoms with Crippen molar-refractivity contribution in [3.8, 4) is 0 Å². The zero-order chi connectivity index (χ0) is 19.0. The van der Waals surface area contributed by atoms with E-state index in [9.17, 15) is 0 Å². The molecule has 0 spiro atoms. The van der Waals surface area contributed by atoms with Crippen molar-refractivity contribution in [1.29, 1.82) is 0 Å². The Labute approximate surface area is 188 Å². The molecule has 0 aliphatic heterocycles. The zero-order valence-corrected chi connectivity index (χ0v) is 19.9. The number of rotatable bonds is 14. The normalized spacial score (nSPS) is 10.2. The third-order valence-electron chi connectivity index (χ3n) is 3.91. The fourth-order valence-electron chi connectivity index (χ4n) is 2.19. The predicted molar refractivity (Wildman–Crippen MR) is 127 cm³/mol. The van der Waals surface area contributed by atoms with Crippen molar-refractivity contribution in [3.05, 3.63) is 0 Å². The van der Waals surface area contributed by atoms with Crippen LogP contribution >= 0.6 is 49.2 Å². The summed E-state index contributed by atoms with van der Waals surface area (Å²) in [6.07, 6.45) is 6.41. The van der Waals surface area contributed by atoms with Crippen LogP contribution in [0.25, 0.3) is 0 Å². The van der Waals surface area contributed by atoms with E-state index in [0.29, 0.717) is 49.4 Å². The monoisotopic (exact) mass is 464 g/mol. The molecule has 0 radical (unpaired) electrons. The highest BCUT2D eigenvalue weighted by Crippen LogP contribution is 2.16. The van der Waals surface area contributed by atoms with Crippen molar-refractivity contribution < 1.29 is 9.47 Å². The van der Waals surface area contributed by atoms with Crippen LogP contribution in [0.2, 0.25) is 0 Å². The minimum atomic E-state index is -0.438. The molecular weight excluding hydrogens is 427 g/mol. The summed E-state index contributed by atoms with van der Waals surface area (Å²) in [6, 6.07) is 0. The first-order chi connectivity index (χ1) is 12.0. The molecule has 0 amide bonds. The number of nitrogens with one attached hydrogen (secondary N) is 2. The zero-order valence-electron chi connectivity index (χ0n) is 16.6. The highest BCUT2D eigenvalue weighted by Gasteiger charge is 2.24. The summed E-state index contributed by atoms with van der Waals surface area (Å²) in [5.74, 6) is 0. The number of ether oxygens (including phenoxy) is 2. The van der Waals surface area contributed by atoms with Crippen LogP contribution in [0.3, 0.4) is 0 Å². The van der Waals surface area contributed by atoms with E-state index in [1.165, 1.54) is 0 Å². The highest BCUT2D eigenvalue weighted by molar-refractivity contribution is 7.80. The van der Waals surface area contributed by atoms with E-state index < -0.39 is 5.54 Å². The Bertz CT molecular complexity index is 353. The van der Waals surface area contributed by atoms with E-state index in [2.05, 4.69) is 24.5 Å². The summed E-state index contributed by atoms with van der Waals surface area (Å²) < 4.78 is 11.1. The lowest BCUT2D eigenvalue weighted by Gasteiger charge is -2.29. The second-order valence-electron chi connectivity index (χ2n) is 6.23. The summed E-state index contributed by atoms with van der Waals surface area (Å²) in [7, 11) is 0. The molecule has 164 valence electrons. The second kappa shape index (κ2) is 20.6. The SMILES string of the molecule is CCCCNC(=S)OCCC(N)(CCN)CCOC(=S)NCCCC.Cl.Cl. The molecule has 0 rings (SSSR count). The molecule has 27 heavy (non-hydrogen) atoms. The molecule has 0 aromatic rings. The van der Waals surface area contributed by atoms with Gasteiger partial charge in [0.05, 0.1) is 13.2 Å². The van der Waals surface area contributed by atoms with Crippen molar-refractivity contribution in [2.45, 2.75) is 64.3 Å². The quantitative estimate of drug-likeness (QED) is 0.230. The van der Waals surface area contributed by atoms with Crippen LogP contribution in [0, 0.1) is 0 Å². The molecule has 0 aromatic carbocycles. The average Bonchev–Trinajstić information content (AvgIpc) is 2.55. The topological polar surface area (TPSA) is 94.6 Å². The third-order valence-corrected chi connectivity index (χ3v) is 4.43. The second-order valence-corrected chi connectivity index (χ2v) is 6.98. The third kappa shape index (κ3) is 19.0. The maximum Gasteiger partial charge on any atom is 0.256 e. The van der Waals surface area contributed by atoms with Crippen LogP contribution in [0.5, 0.6) is 0 Å². The van der Waals surface area contributed by atoms with Crippen LogP contribution in [-0.2, 0) is 9.47 Å². The number of thiocarbonyl (C=S) groups is 2. The minimum absolute atomic E-state index is 0. The van der Waals surface area contributed by atoms with E-state index >= 15 is 0 Å². The van der Waals surface area contributed by atoms with Gasteiger partial charge in [-0.15, -0.1) is 24.8 Å². The fourth-order valence-corrected chi connectivity index (χ4v) is 2.56. The average molecular weight is 466 g/mol. The van der Waals surface area contributed by atoms with Gasteiger partial charge in [-0.1, -0.05) is 26.7 Å². The molecule has 6 N–H and O–H groups in total. The Hall–Kier alpha value is -0.120. The molecular formula is C17H38Cl2N4O2S2. The first-order valence-electron chi connectivity index (χ1n) is 9.27. The molecule has 0 heterocycles. The molecule has 10 heteroatoms. The van der Waals surface area contributed by atoms with Crippen molar-refractivity contribution in [2.75, 3.05) is 32.8 Å². The molecule has 0 unspecified atom stereocenters. The number of unbranched alkanes of at least 4 members (excludes halogenated alkanes) is 2. The van der Waals surface area contributed by atoms with Gasteiger partial charge in [0.1, 0.15) is 0 Å². The highest BCUT2D eigenvalue weighted by atomic mass is 35.5. The Balaban J connectivity index is -0.00000288. The maximum absolute atomic E-state index is 6.46. The summed E-state index contributed by atoms with van der Waals surface area (Å²) in [6.45, 7) is 7.39. The van der Waals surface area contributed by atoms with Gasteiger partial charge in [-0.2, -0.15) is 0 Å². The molecule has 6 nitrogen and oxygen atoms in total. The molecule has 0 saturated carbocycles. The smallest absolute Gasteiger partial charge is 0.256 e. The van der Waals surface area contributed by atoms with Crippen LogP contribution in [-0.4, -0.2) is 48.7 Å². The Kier molecular flexibility index (Phi) is 24.1.